The maximum absolute atomic E-state index is 3.04. The molecule has 6 rings (SSSR count). The standard InChI is InChI=1S/C20H33N/c1-2-5-20(6-3-1)7-4-8-21(20)15-19-12-16-9-17(13-19)11-18(10-16)14-19/h16-18H,1-15H2. The first-order chi connectivity index (χ1) is 10.3. The Morgan fingerprint density at radius 3 is 1.90 bits per heavy atom. The Balaban J connectivity index is 1.37. The van der Waals surface area contributed by atoms with Crippen molar-refractivity contribution < 1.29 is 0 Å². The molecule has 118 valence electrons. The van der Waals surface area contributed by atoms with Gasteiger partial charge in [-0.15, -0.1) is 0 Å². The van der Waals surface area contributed by atoms with Crippen LogP contribution in [0, 0.1) is 23.2 Å². The molecular weight excluding hydrogens is 254 g/mol. The first-order valence-corrected chi connectivity index (χ1v) is 10.0. The Bertz CT molecular complexity index is 371. The minimum Gasteiger partial charge on any atom is -0.297 e. The average Bonchev–Trinajstić information content (AvgIpc) is 2.80. The Morgan fingerprint density at radius 1 is 0.714 bits per heavy atom. The van der Waals surface area contributed by atoms with Crippen LogP contribution in [-0.4, -0.2) is 23.5 Å². The van der Waals surface area contributed by atoms with E-state index >= 15 is 0 Å². The third kappa shape index (κ3) is 2.13. The van der Waals surface area contributed by atoms with Crippen LogP contribution in [0.5, 0.6) is 0 Å². The van der Waals surface area contributed by atoms with Crippen LogP contribution in [0.25, 0.3) is 0 Å². The highest BCUT2D eigenvalue weighted by molar-refractivity contribution is 5.06. The highest BCUT2D eigenvalue weighted by Gasteiger charge is 2.53. The quantitative estimate of drug-likeness (QED) is 0.690. The van der Waals surface area contributed by atoms with E-state index in [-0.39, 0.29) is 0 Å². The molecular formula is C20H33N. The van der Waals surface area contributed by atoms with Gasteiger partial charge in [0.2, 0.25) is 0 Å². The fraction of sp³-hybridized carbons (Fsp3) is 1.00. The summed E-state index contributed by atoms with van der Waals surface area (Å²) in [7, 11) is 0. The van der Waals surface area contributed by atoms with Gasteiger partial charge in [-0.05, 0) is 93.9 Å². The first-order valence-electron chi connectivity index (χ1n) is 10.0. The van der Waals surface area contributed by atoms with Gasteiger partial charge in [0.1, 0.15) is 0 Å². The molecule has 0 aromatic carbocycles. The van der Waals surface area contributed by atoms with Crippen molar-refractivity contribution in [2.45, 2.75) is 89.0 Å². The molecule has 1 aliphatic heterocycles. The van der Waals surface area contributed by atoms with Crippen molar-refractivity contribution >= 4 is 0 Å². The van der Waals surface area contributed by atoms with E-state index in [1.807, 2.05) is 0 Å². The number of hydrogen-bond acceptors (Lipinski definition) is 1. The highest BCUT2D eigenvalue weighted by atomic mass is 15.2. The van der Waals surface area contributed by atoms with Gasteiger partial charge in [0.05, 0.1) is 0 Å². The van der Waals surface area contributed by atoms with E-state index < -0.39 is 0 Å². The van der Waals surface area contributed by atoms with Crippen molar-refractivity contribution in [3.05, 3.63) is 0 Å². The van der Waals surface area contributed by atoms with Gasteiger partial charge in [-0.3, -0.25) is 4.90 Å². The largest absolute Gasteiger partial charge is 0.297 e. The topological polar surface area (TPSA) is 3.24 Å². The van der Waals surface area contributed by atoms with Crippen LogP contribution >= 0.6 is 0 Å². The van der Waals surface area contributed by atoms with Crippen LogP contribution in [0.4, 0.5) is 0 Å². The third-order valence-corrected chi connectivity index (χ3v) is 8.22. The molecule has 0 N–H and O–H groups in total. The predicted molar refractivity (Wildman–Crippen MR) is 87.2 cm³/mol. The number of hydrogen-bond donors (Lipinski definition) is 0. The summed E-state index contributed by atoms with van der Waals surface area (Å²) in [5.41, 5.74) is 1.44. The molecule has 6 fully saturated rings. The molecule has 1 spiro atoms. The van der Waals surface area contributed by atoms with Crippen molar-refractivity contribution in [2.24, 2.45) is 23.2 Å². The van der Waals surface area contributed by atoms with Crippen LogP contribution in [-0.2, 0) is 0 Å². The van der Waals surface area contributed by atoms with E-state index in [1.54, 1.807) is 38.5 Å². The van der Waals surface area contributed by atoms with E-state index in [0.717, 1.165) is 23.2 Å². The van der Waals surface area contributed by atoms with Crippen molar-refractivity contribution in [1.82, 2.24) is 4.90 Å². The van der Waals surface area contributed by atoms with Crippen molar-refractivity contribution in [3.8, 4) is 0 Å². The Labute approximate surface area is 130 Å². The van der Waals surface area contributed by atoms with Gasteiger partial charge in [0.15, 0.2) is 0 Å². The summed E-state index contributed by atoms with van der Waals surface area (Å²) in [6, 6.07) is 0. The summed E-state index contributed by atoms with van der Waals surface area (Å²) in [5, 5.41) is 0. The summed E-state index contributed by atoms with van der Waals surface area (Å²) in [5.74, 6) is 3.38. The molecule has 0 aromatic rings. The molecule has 0 unspecified atom stereocenters. The van der Waals surface area contributed by atoms with Crippen LogP contribution in [0.2, 0.25) is 0 Å². The molecule has 0 aromatic heterocycles. The van der Waals surface area contributed by atoms with Gasteiger partial charge < -0.3 is 0 Å². The minimum atomic E-state index is 0.668. The minimum absolute atomic E-state index is 0.668. The van der Waals surface area contributed by atoms with Crippen molar-refractivity contribution in [1.29, 1.82) is 0 Å². The smallest absolute Gasteiger partial charge is 0.0210 e. The van der Waals surface area contributed by atoms with Gasteiger partial charge >= 0.3 is 0 Å². The van der Waals surface area contributed by atoms with E-state index in [1.165, 1.54) is 58.0 Å². The highest BCUT2D eigenvalue weighted by Crippen LogP contribution is 2.61. The second-order valence-electron chi connectivity index (χ2n) is 9.73. The maximum atomic E-state index is 3.04. The van der Waals surface area contributed by atoms with E-state index in [2.05, 4.69) is 4.90 Å². The number of nitrogens with zero attached hydrogens (tertiary/aromatic N) is 1. The van der Waals surface area contributed by atoms with Gasteiger partial charge in [0.25, 0.3) is 0 Å². The van der Waals surface area contributed by atoms with Crippen LogP contribution in [0.3, 0.4) is 0 Å². The lowest BCUT2D eigenvalue weighted by Crippen LogP contribution is -2.55. The second kappa shape index (κ2) is 4.73. The predicted octanol–water partition coefficient (Wildman–Crippen LogP) is 5.00. The molecule has 5 aliphatic carbocycles. The van der Waals surface area contributed by atoms with Gasteiger partial charge in [-0.1, -0.05) is 19.3 Å². The molecule has 5 saturated carbocycles. The van der Waals surface area contributed by atoms with Crippen LogP contribution < -0.4 is 0 Å². The summed E-state index contributed by atoms with van der Waals surface area (Å²) in [6.45, 7) is 2.93. The average molecular weight is 287 g/mol. The lowest BCUT2D eigenvalue weighted by atomic mass is 9.49. The molecule has 1 heteroatoms. The summed E-state index contributed by atoms with van der Waals surface area (Å²) >= 11 is 0. The number of rotatable bonds is 2. The zero-order valence-electron chi connectivity index (χ0n) is 13.8. The van der Waals surface area contributed by atoms with Gasteiger partial charge in [0, 0.05) is 12.1 Å². The zero-order chi connectivity index (χ0) is 13.9. The molecule has 21 heavy (non-hydrogen) atoms. The number of likely N-dealkylation sites (tertiary alicyclic amines) is 1. The maximum Gasteiger partial charge on any atom is 0.0210 e. The summed E-state index contributed by atoms with van der Waals surface area (Å²) in [6.07, 6.45) is 20.2. The lowest BCUT2D eigenvalue weighted by Gasteiger charge is -2.59. The normalized spacial score (nSPS) is 48.3. The van der Waals surface area contributed by atoms with E-state index in [9.17, 15) is 0 Å². The fourth-order valence-electron chi connectivity index (χ4n) is 7.91. The first kappa shape index (κ1) is 13.4. The molecule has 4 bridgehead atoms. The van der Waals surface area contributed by atoms with Gasteiger partial charge in [-0.2, -0.15) is 0 Å². The Kier molecular flexibility index (Phi) is 3.02. The van der Waals surface area contributed by atoms with Gasteiger partial charge in [-0.25, -0.2) is 0 Å². The summed E-state index contributed by atoms with van der Waals surface area (Å²) in [4.78, 5) is 3.04. The van der Waals surface area contributed by atoms with Crippen LogP contribution in [0.1, 0.15) is 83.5 Å². The van der Waals surface area contributed by atoms with Crippen LogP contribution in [0.15, 0.2) is 0 Å². The fourth-order valence-corrected chi connectivity index (χ4v) is 7.91. The molecule has 1 nitrogen and oxygen atoms in total. The molecule has 1 heterocycles. The van der Waals surface area contributed by atoms with E-state index in [4.69, 9.17) is 0 Å². The lowest BCUT2D eigenvalue weighted by molar-refractivity contribution is -0.0824. The molecule has 1 saturated heterocycles. The third-order valence-electron chi connectivity index (χ3n) is 8.22. The van der Waals surface area contributed by atoms with Crippen molar-refractivity contribution in [2.75, 3.05) is 13.1 Å². The van der Waals surface area contributed by atoms with E-state index in [0.29, 0.717) is 5.54 Å². The Morgan fingerprint density at radius 2 is 1.29 bits per heavy atom. The Hall–Kier alpha value is -0.0400. The molecule has 0 atom stereocenters. The zero-order valence-corrected chi connectivity index (χ0v) is 13.8. The molecule has 6 aliphatic rings. The SMILES string of the molecule is C1CCC2(CC1)CCCN2CC12CC3CC(CC(C3)C1)C2. The summed E-state index contributed by atoms with van der Waals surface area (Å²) < 4.78 is 0. The van der Waals surface area contributed by atoms with Crippen molar-refractivity contribution in [3.63, 3.8) is 0 Å². The molecule has 0 amide bonds. The molecule has 0 radical (unpaired) electrons. The monoisotopic (exact) mass is 287 g/mol. The second-order valence-corrected chi connectivity index (χ2v) is 9.73.